The van der Waals surface area contributed by atoms with Crippen molar-refractivity contribution in [2.45, 2.75) is 11.9 Å². The number of carbonyl (C=O) groups excluding carboxylic acids is 1. The van der Waals surface area contributed by atoms with Crippen molar-refractivity contribution in [2.24, 2.45) is 0 Å². The number of nitrogens with one attached hydrogen (secondary N) is 1. The summed E-state index contributed by atoms with van der Waals surface area (Å²) in [6, 6.07) is 10.2. The van der Waals surface area contributed by atoms with Gasteiger partial charge in [0.2, 0.25) is 5.72 Å². The third kappa shape index (κ3) is 3.86. The SMILES string of the molecule is O=C(O[C@@]1(c2ccccc2)COCCN1)c1cc(F)cc(C(F)(F)F)c1. The Kier molecular flexibility index (Phi) is 4.97. The molecule has 1 fully saturated rings. The first-order valence-electron chi connectivity index (χ1n) is 7.80. The third-order valence-corrected chi connectivity index (χ3v) is 3.93. The van der Waals surface area contributed by atoms with Gasteiger partial charge < -0.3 is 9.47 Å². The molecule has 0 radical (unpaired) electrons. The summed E-state index contributed by atoms with van der Waals surface area (Å²) in [7, 11) is 0. The van der Waals surface area contributed by atoms with E-state index in [1.54, 1.807) is 30.3 Å². The molecule has 0 amide bonds. The minimum Gasteiger partial charge on any atom is -0.433 e. The van der Waals surface area contributed by atoms with E-state index in [2.05, 4.69) is 5.32 Å². The van der Waals surface area contributed by atoms with Gasteiger partial charge in [-0.1, -0.05) is 30.3 Å². The van der Waals surface area contributed by atoms with Crippen LogP contribution in [0.3, 0.4) is 0 Å². The monoisotopic (exact) mass is 369 g/mol. The second-order valence-corrected chi connectivity index (χ2v) is 5.79. The van der Waals surface area contributed by atoms with Gasteiger partial charge in [-0.3, -0.25) is 5.32 Å². The van der Waals surface area contributed by atoms with Gasteiger partial charge in [-0.25, -0.2) is 9.18 Å². The van der Waals surface area contributed by atoms with Gasteiger partial charge in [-0.15, -0.1) is 0 Å². The standard InChI is InChI=1S/C18H15F4NO3/c19-15-9-12(8-14(10-15)18(20,21)22)16(24)26-17(11-25-7-6-23-17)13-4-2-1-3-5-13/h1-5,8-10,23H,6-7,11H2/t17-/m1/s1. The Bertz CT molecular complexity index is 787. The smallest absolute Gasteiger partial charge is 0.416 e. The van der Waals surface area contributed by atoms with Gasteiger partial charge >= 0.3 is 12.1 Å². The fourth-order valence-corrected chi connectivity index (χ4v) is 2.70. The number of esters is 1. The number of ether oxygens (including phenoxy) is 2. The summed E-state index contributed by atoms with van der Waals surface area (Å²) in [6.45, 7) is 0.744. The zero-order valence-corrected chi connectivity index (χ0v) is 13.5. The summed E-state index contributed by atoms with van der Waals surface area (Å²) in [5.41, 5.74) is -2.58. The van der Waals surface area contributed by atoms with Gasteiger partial charge in [-0.2, -0.15) is 13.2 Å². The van der Waals surface area contributed by atoms with Crippen LogP contribution in [0.1, 0.15) is 21.5 Å². The maximum atomic E-state index is 13.6. The third-order valence-electron chi connectivity index (χ3n) is 3.93. The van der Waals surface area contributed by atoms with Crippen LogP contribution in [-0.4, -0.2) is 25.7 Å². The highest BCUT2D eigenvalue weighted by atomic mass is 19.4. The lowest BCUT2D eigenvalue weighted by molar-refractivity contribution is -0.137. The Balaban J connectivity index is 1.93. The molecule has 1 atom stereocenters. The molecule has 1 N–H and O–H groups in total. The first kappa shape index (κ1) is 18.3. The fourth-order valence-electron chi connectivity index (χ4n) is 2.70. The van der Waals surface area contributed by atoms with Gasteiger partial charge in [0.1, 0.15) is 12.4 Å². The fraction of sp³-hybridized carbons (Fsp3) is 0.278. The van der Waals surface area contributed by atoms with Gasteiger partial charge in [-0.05, 0) is 18.2 Å². The minimum absolute atomic E-state index is 0.0236. The van der Waals surface area contributed by atoms with E-state index in [1.807, 2.05) is 0 Å². The Morgan fingerprint density at radius 1 is 1.15 bits per heavy atom. The predicted molar refractivity (Wildman–Crippen MR) is 83.8 cm³/mol. The summed E-state index contributed by atoms with van der Waals surface area (Å²) in [4.78, 5) is 12.5. The molecular weight excluding hydrogens is 354 g/mol. The van der Waals surface area contributed by atoms with Gasteiger partial charge in [0.25, 0.3) is 0 Å². The van der Waals surface area contributed by atoms with Crippen molar-refractivity contribution in [3.8, 4) is 0 Å². The molecule has 0 aliphatic carbocycles. The highest BCUT2D eigenvalue weighted by Crippen LogP contribution is 2.32. The average Bonchev–Trinajstić information content (AvgIpc) is 2.62. The molecule has 3 rings (SSSR count). The Morgan fingerprint density at radius 3 is 2.50 bits per heavy atom. The molecule has 0 spiro atoms. The molecule has 1 heterocycles. The zero-order chi connectivity index (χ0) is 18.8. The number of halogens is 4. The summed E-state index contributed by atoms with van der Waals surface area (Å²) >= 11 is 0. The van der Waals surface area contributed by atoms with Crippen LogP contribution in [0.4, 0.5) is 17.6 Å². The lowest BCUT2D eigenvalue weighted by Crippen LogP contribution is -2.54. The van der Waals surface area contributed by atoms with E-state index in [0.717, 1.165) is 0 Å². The van der Waals surface area contributed by atoms with Crippen molar-refractivity contribution in [1.82, 2.24) is 5.32 Å². The molecular formula is C18H15F4NO3. The summed E-state index contributed by atoms with van der Waals surface area (Å²) in [5.74, 6) is -2.26. The number of morpholine rings is 1. The number of hydrogen-bond donors (Lipinski definition) is 1. The molecule has 0 aromatic heterocycles. The molecule has 0 saturated carbocycles. The Labute approximate surface area is 146 Å². The second-order valence-electron chi connectivity index (χ2n) is 5.79. The Hall–Kier alpha value is -2.45. The maximum absolute atomic E-state index is 13.6. The van der Waals surface area contributed by atoms with Crippen LogP contribution >= 0.6 is 0 Å². The van der Waals surface area contributed by atoms with Crippen LogP contribution in [0.25, 0.3) is 0 Å². The lowest BCUT2D eigenvalue weighted by Gasteiger charge is -2.37. The van der Waals surface area contributed by atoms with E-state index >= 15 is 0 Å². The number of hydrogen-bond acceptors (Lipinski definition) is 4. The molecule has 2 aromatic rings. The predicted octanol–water partition coefficient (Wildman–Crippen LogP) is 3.47. The van der Waals surface area contributed by atoms with Crippen molar-refractivity contribution in [1.29, 1.82) is 0 Å². The zero-order valence-electron chi connectivity index (χ0n) is 13.5. The average molecular weight is 369 g/mol. The number of carbonyl (C=O) groups is 1. The van der Waals surface area contributed by atoms with Crippen LogP contribution in [0, 0.1) is 5.82 Å². The number of benzene rings is 2. The molecule has 1 saturated heterocycles. The molecule has 1 aliphatic rings. The molecule has 2 aromatic carbocycles. The van der Waals surface area contributed by atoms with Gasteiger partial charge in [0, 0.05) is 12.1 Å². The van der Waals surface area contributed by atoms with Crippen LogP contribution in [-0.2, 0) is 21.4 Å². The Morgan fingerprint density at radius 2 is 1.88 bits per heavy atom. The van der Waals surface area contributed by atoms with Crippen molar-refractivity contribution < 1.29 is 31.8 Å². The molecule has 26 heavy (non-hydrogen) atoms. The van der Waals surface area contributed by atoms with E-state index in [1.165, 1.54) is 0 Å². The van der Waals surface area contributed by atoms with Crippen molar-refractivity contribution in [3.63, 3.8) is 0 Å². The largest absolute Gasteiger partial charge is 0.433 e. The second kappa shape index (κ2) is 7.05. The van der Waals surface area contributed by atoms with Gasteiger partial charge in [0.15, 0.2) is 0 Å². The first-order valence-corrected chi connectivity index (χ1v) is 7.80. The normalized spacial score (nSPS) is 20.6. The van der Waals surface area contributed by atoms with Crippen LogP contribution in [0.5, 0.6) is 0 Å². The summed E-state index contributed by atoms with van der Waals surface area (Å²) < 4.78 is 63.0. The highest BCUT2D eigenvalue weighted by molar-refractivity contribution is 5.90. The molecule has 4 nitrogen and oxygen atoms in total. The van der Waals surface area contributed by atoms with Gasteiger partial charge in [0.05, 0.1) is 17.7 Å². The van der Waals surface area contributed by atoms with Crippen molar-refractivity contribution in [3.05, 3.63) is 71.0 Å². The molecule has 1 aliphatic heterocycles. The summed E-state index contributed by atoms with van der Waals surface area (Å²) in [5, 5.41) is 3.03. The van der Waals surface area contributed by atoms with E-state index in [0.29, 0.717) is 36.9 Å². The lowest BCUT2D eigenvalue weighted by atomic mass is 10.0. The highest BCUT2D eigenvalue weighted by Gasteiger charge is 2.39. The van der Waals surface area contributed by atoms with E-state index in [9.17, 15) is 22.4 Å². The van der Waals surface area contributed by atoms with E-state index in [-0.39, 0.29) is 6.61 Å². The quantitative estimate of drug-likeness (QED) is 0.665. The molecule has 0 bridgehead atoms. The molecule has 138 valence electrons. The number of alkyl halides is 3. The van der Waals surface area contributed by atoms with E-state index < -0.39 is 34.8 Å². The molecule has 0 unspecified atom stereocenters. The van der Waals surface area contributed by atoms with Crippen molar-refractivity contribution >= 4 is 5.97 Å². The van der Waals surface area contributed by atoms with Crippen LogP contribution in [0.2, 0.25) is 0 Å². The first-order chi connectivity index (χ1) is 12.3. The van der Waals surface area contributed by atoms with E-state index in [4.69, 9.17) is 9.47 Å². The maximum Gasteiger partial charge on any atom is 0.416 e. The van der Waals surface area contributed by atoms with Crippen molar-refractivity contribution in [2.75, 3.05) is 19.8 Å². The summed E-state index contributed by atoms with van der Waals surface area (Å²) in [6.07, 6.45) is -4.78. The van der Waals surface area contributed by atoms with Crippen LogP contribution in [0.15, 0.2) is 48.5 Å². The topological polar surface area (TPSA) is 47.6 Å². The minimum atomic E-state index is -4.78. The molecule has 8 heteroatoms. The number of rotatable bonds is 3. The van der Waals surface area contributed by atoms with Crippen LogP contribution < -0.4 is 5.32 Å².